The van der Waals surface area contributed by atoms with Gasteiger partial charge in [0.15, 0.2) is 0 Å². The first-order valence-corrected chi connectivity index (χ1v) is 8.36. The van der Waals surface area contributed by atoms with Gasteiger partial charge >= 0.3 is 5.97 Å². The maximum Gasteiger partial charge on any atom is 0.339 e. The van der Waals surface area contributed by atoms with Gasteiger partial charge in [-0.05, 0) is 43.4 Å². The van der Waals surface area contributed by atoms with E-state index in [1.54, 1.807) is 18.2 Å². The Morgan fingerprint density at radius 1 is 1.25 bits per heavy atom. The Balaban J connectivity index is 1.78. The quantitative estimate of drug-likeness (QED) is 0.805. The van der Waals surface area contributed by atoms with E-state index in [9.17, 15) is 9.59 Å². The third-order valence-electron chi connectivity index (χ3n) is 4.87. The van der Waals surface area contributed by atoms with Gasteiger partial charge in [-0.3, -0.25) is 4.79 Å². The highest BCUT2D eigenvalue weighted by molar-refractivity contribution is 6.33. The highest BCUT2D eigenvalue weighted by atomic mass is 35.5. The van der Waals surface area contributed by atoms with Crippen LogP contribution in [-0.4, -0.2) is 37.7 Å². The topological polar surface area (TPSA) is 90.7 Å². The van der Waals surface area contributed by atoms with Gasteiger partial charge in [-0.2, -0.15) is 0 Å². The van der Waals surface area contributed by atoms with Crippen molar-refractivity contribution in [2.24, 2.45) is 5.73 Å². The van der Waals surface area contributed by atoms with Crippen molar-refractivity contribution in [2.45, 2.75) is 36.8 Å². The van der Waals surface area contributed by atoms with Crippen LogP contribution in [0.25, 0.3) is 0 Å². The number of halogens is 1. The molecule has 24 heavy (non-hydrogen) atoms. The summed E-state index contributed by atoms with van der Waals surface area (Å²) in [6, 6.07) is 5.15. The van der Waals surface area contributed by atoms with Crippen molar-refractivity contribution in [3.8, 4) is 0 Å². The zero-order valence-electron chi connectivity index (χ0n) is 13.6. The Bertz CT molecular complexity index is 667. The summed E-state index contributed by atoms with van der Waals surface area (Å²) in [6.45, 7) is 0.993. The van der Waals surface area contributed by atoms with Crippen LogP contribution in [-0.2, 0) is 19.8 Å². The van der Waals surface area contributed by atoms with Crippen LogP contribution >= 0.6 is 11.6 Å². The average molecular weight is 353 g/mol. The van der Waals surface area contributed by atoms with E-state index in [2.05, 4.69) is 5.32 Å². The number of rotatable bonds is 4. The minimum Gasteiger partial charge on any atom is -0.465 e. The fourth-order valence-corrected chi connectivity index (χ4v) is 3.26. The number of hydrogen-bond acceptors (Lipinski definition) is 5. The maximum atomic E-state index is 12.7. The third-order valence-corrected chi connectivity index (χ3v) is 5.18. The van der Waals surface area contributed by atoms with Gasteiger partial charge < -0.3 is 20.5 Å². The van der Waals surface area contributed by atoms with E-state index < -0.39 is 17.0 Å². The lowest BCUT2D eigenvalue weighted by atomic mass is 9.89. The lowest BCUT2D eigenvalue weighted by Crippen LogP contribution is -2.58. The van der Waals surface area contributed by atoms with Gasteiger partial charge in [-0.15, -0.1) is 0 Å². The van der Waals surface area contributed by atoms with Crippen molar-refractivity contribution in [3.05, 3.63) is 34.3 Å². The van der Waals surface area contributed by atoms with Crippen LogP contribution < -0.4 is 11.1 Å². The summed E-state index contributed by atoms with van der Waals surface area (Å²) in [6.07, 6.45) is 2.66. The highest BCUT2D eigenvalue weighted by Gasteiger charge is 2.49. The van der Waals surface area contributed by atoms with E-state index in [1.165, 1.54) is 7.11 Å². The number of amides is 1. The van der Waals surface area contributed by atoms with E-state index in [1.807, 2.05) is 0 Å². The van der Waals surface area contributed by atoms with Crippen molar-refractivity contribution in [2.75, 3.05) is 20.3 Å². The molecule has 0 atom stereocenters. The predicted octanol–water partition coefficient (Wildman–Crippen LogP) is 1.74. The first-order valence-electron chi connectivity index (χ1n) is 7.98. The molecule has 1 heterocycles. The number of hydrogen-bond donors (Lipinski definition) is 2. The second-order valence-corrected chi connectivity index (χ2v) is 6.90. The Labute approximate surface area is 145 Å². The lowest BCUT2D eigenvalue weighted by molar-refractivity contribution is -0.130. The number of esters is 1. The molecule has 1 saturated carbocycles. The molecule has 1 aliphatic carbocycles. The van der Waals surface area contributed by atoms with Crippen molar-refractivity contribution in [1.82, 2.24) is 5.32 Å². The number of carbonyl (C=O) groups excluding carboxylic acids is 2. The number of methoxy groups -OCH3 is 1. The second kappa shape index (κ2) is 6.35. The first-order chi connectivity index (χ1) is 11.4. The van der Waals surface area contributed by atoms with E-state index in [-0.39, 0.29) is 5.91 Å². The smallest absolute Gasteiger partial charge is 0.339 e. The maximum absolute atomic E-state index is 12.7. The highest BCUT2D eigenvalue weighted by Crippen LogP contribution is 2.46. The van der Waals surface area contributed by atoms with Gasteiger partial charge in [-0.1, -0.05) is 17.7 Å². The SMILES string of the molecule is COC(=O)c1ccc(C2(NC(=O)C3(N)CCOCC3)CC2)cc1Cl. The molecule has 1 aromatic carbocycles. The van der Waals surface area contributed by atoms with Crippen LogP contribution in [0.3, 0.4) is 0 Å². The first kappa shape index (κ1) is 17.2. The van der Waals surface area contributed by atoms with Gasteiger partial charge in [0.2, 0.25) is 5.91 Å². The molecular weight excluding hydrogens is 332 g/mol. The molecule has 1 aromatic rings. The number of nitrogens with one attached hydrogen (secondary N) is 1. The summed E-state index contributed by atoms with van der Waals surface area (Å²) in [5.41, 5.74) is 6.11. The lowest BCUT2D eigenvalue weighted by Gasteiger charge is -2.33. The fourth-order valence-electron chi connectivity index (χ4n) is 3.00. The van der Waals surface area contributed by atoms with Crippen molar-refractivity contribution in [1.29, 1.82) is 0 Å². The van der Waals surface area contributed by atoms with Crippen LogP contribution in [0.5, 0.6) is 0 Å². The Morgan fingerprint density at radius 2 is 1.92 bits per heavy atom. The standard InChI is InChI=1S/C17H21ClN2O4/c1-23-14(21)12-3-2-11(10-13(12)18)17(4-5-17)20-15(22)16(19)6-8-24-9-7-16/h2-3,10H,4-9,19H2,1H3,(H,20,22). The van der Waals surface area contributed by atoms with Crippen LogP contribution in [0.2, 0.25) is 5.02 Å². The molecule has 1 aliphatic heterocycles. The van der Waals surface area contributed by atoms with Crippen LogP contribution in [0, 0.1) is 0 Å². The molecule has 0 radical (unpaired) electrons. The van der Waals surface area contributed by atoms with E-state index in [4.69, 9.17) is 26.8 Å². The zero-order valence-corrected chi connectivity index (χ0v) is 14.3. The molecule has 1 saturated heterocycles. The largest absolute Gasteiger partial charge is 0.465 e. The van der Waals surface area contributed by atoms with Gasteiger partial charge in [0, 0.05) is 13.2 Å². The minimum atomic E-state index is -0.885. The van der Waals surface area contributed by atoms with Gasteiger partial charge in [0.05, 0.1) is 28.8 Å². The Morgan fingerprint density at radius 3 is 2.46 bits per heavy atom. The van der Waals surface area contributed by atoms with Crippen LogP contribution in [0.15, 0.2) is 18.2 Å². The monoisotopic (exact) mass is 352 g/mol. The second-order valence-electron chi connectivity index (χ2n) is 6.49. The summed E-state index contributed by atoms with van der Waals surface area (Å²) in [5, 5.41) is 3.40. The molecule has 0 spiro atoms. The molecule has 2 aliphatic rings. The molecule has 3 N–H and O–H groups in total. The van der Waals surface area contributed by atoms with E-state index in [0.29, 0.717) is 36.6 Å². The van der Waals surface area contributed by atoms with Crippen molar-refractivity contribution in [3.63, 3.8) is 0 Å². The number of nitrogens with two attached hydrogens (primary N) is 1. The minimum absolute atomic E-state index is 0.156. The summed E-state index contributed by atoms with van der Waals surface area (Å²) < 4.78 is 9.98. The fraction of sp³-hybridized carbons (Fsp3) is 0.529. The summed E-state index contributed by atoms with van der Waals surface area (Å²) in [5.74, 6) is -0.639. The van der Waals surface area contributed by atoms with Crippen molar-refractivity contribution >= 4 is 23.5 Å². The predicted molar refractivity (Wildman–Crippen MR) is 88.8 cm³/mol. The number of carbonyl (C=O) groups is 2. The summed E-state index contributed by atoms with van der Waals surface area (Å²) in [4.78, 5) is 24.3. The third kappa shape index (κ3) is 3.14. The molecule has 0 bridgehead atoms. The van der Waals surface area contributed by atoms with Gasteiger partial charge in [-0.25, -0.2) is 4.79 Å². The molecule has 6 nitrogen and oxygen atoms in total. The summed E-state index contributed by atoms with van der Waals surface area (Å²) in [7, 11) is 1.31. The van der Waals surface area contributed by atoms with E-state index in [0.717, 1.165) is 18.4 Å². The molecule has 1 amide bonds. The molecule has 0 unspecified atom stereocenters. The average Bonchev–Trinajstić information content (AvgIpc) is 3.35. The Hall–Kier alpha value is -1.63. The Kier molecular flexibility index (Phi) is 4.55. The van der Waals surface area contributed by atoms with Crippen LogP contribution in [0.4, 0.5) is 0 Å². The molecule has 7 heteroatoms. The normalized spacial score (nSPS) is 21.0. The molecular formula is C17H21ClN2O4. The number of benzene rings is 1. The van der Waals surface area contributed by atoms with Crippen LogP contribution in [0.1, 0.15) is 41.6 Å². The summed E-state index contributed by atoms with van der Waals surface area (Å²) >= 11 is 6.19. The zero-order chi connectivity index (χ0) is 17.4. The molecule has 130 valence electrons. The van der Waals surface area contributed by atoms with Gasteiger partial charge in [0.25, 0.3) is 0 Å². The van der Waals surface area contributed by atoms with E-state index >= 15 is 0 Å². The molecule has 2 fully saturated rings. The number of ether oxygens (including phenoxy) is 2. The van der Waals surface area contributed by atoms with Gasteiger partial charge in [0.1, 0.15) is 0 Å². The molecule has 3 rings (SSSR count). The molecule has 0 aromatic heterocycles. The van der Waals surface area contributed by atoms with Crippen molar-refractivity contribution < 1.29 is 19.1 Å².